The molecule has 1 aliphatic heterocycles. The van der Waals surface area contributed by atoms with Crippen molar-refractivity contribution in [3.63, 3.8) is 0 Å². The van der Waals surface area contributed by atoms with Gasteiger partial charge in [0, 0.05) is 25.2 Å². The smallest absolute Gasteiger partial charge is 0.287 e. The van der Waals surface area contributed by atoms with Gasteiger partial charge in [0.15, 0.2) is 0 Å². The Labute approximate surface area is 103 Å². The number of nitro groups is 1. The fourth-order valence-electron chi connectivity index (χ4n) is 1.68. The predicted molar refractivity (Wildman–Crippen MR) is 62.4 cm³/mol. The number of rotatable bonds is 4. The van der Waals surface area contributed by atoms with Gasteiger partial charge in [0.25, 0.3) is 11.6 Å². The van der Waals surface area contributed by atoms with Gasteiger partial charge in [0.1, 0.15) is 5.69 Å². The number of carbonyl (C=O) groups excluding carboxylic acids is 1. The summed E-state index contributed by atoms with van der Waals surface area (Å²) in [6, 6.07) is 1.28. The summed E-state index contributed by atoms with van der Waals surface area (Å²) in [5.74, 6) is -0.365. The van der Waals surface area contributed by atoms with Crippen molar-refractivity contribution in [1.82, 2.24) is 15.6 Å². The van der Waals surface area contributed by atoms with Gasteiger partial charge in [-0.1, -0.05) is 0 Å². The molecule has 0 saturated carbocycles. The normalized spacial score (nSPS) is 19.4. The first kappa shape index (κ1) is 12.5. The first-order valence-electron chi connectivity index (χ1n) is 5.59. The molecule has 2 heterocycles. The average molecular weight is 254 g/mol. The number of hydrogen-bond donors (Lipinski definition) is 3. The van der Waals surface area contributed by atoms with Gasteiger partial charge in [-0.05, 0) is 0 Å². The summed E-state index contributed by atoms with van der Waals surface area (Å²) in [6.45, 7) is 2.40. The van der Waals surface area contributed by atoms with Crippen molar-refractivity contribution in [3.05, 3.63) is 28.1 Å². The predicted octanol–water partition coefficient (Wildman–Crippen LogP) is -0.359. The lowest BCUT2D eigenvalue weighted by molar-refractivity contribution is -0.384. The first-order chi connectivity index (χ1) is 8.66. The number of aromatic nitrogens is 1. The second-order valence-electron chi connectivity index (χ2n) is 3.96. The Kier molecular flexibility index (Phi) is 3.90. The third kappa shape index (κ3) is 3.05. The molecule has 0 radical (unpaired) electrons. The molecular weight excluding hydrogens is 240 g/mol. The van der Waals surface area contributed by atoms with Crippen LogP contribution in [-0.4, -0.2) is 48.2 Å². The molecule has 18 heavy (non-hydrogen) atoms. The highest BCUT2D eigenvalue weighted by Gasteiger charge is 2.17. The zero-order valence-corrected chi connectivity index (χ0v) is 9.64. The summed E-state index contributed by atoms with van der Waals surface area (Å²) in [7, 11) is 0. The lowest BCUT2D eigenvalue weighted by atomic mass is 10.2. The van der Waals surface area contributed by atoms with Crippen LogP contribution in [0.25, 0.3) is 0 Å². The van der Waals surface area contributed by atoms with E-state index in [0.29, 0.717) is 19.8 Å². The molecule has 8 nitrogen and oxygen atoms in total. The van der Waals surface area contributed by atoms with E-state index in [2.05, 4.69) is 15.6 Å². The van der Waals surface area contributed by atoms with Crippen molar-refractivity contribution in [2.45, 2.75) is 6.04 Å². The molecule has 1 fully saturated rings. The molecule has 1 saturated heterocycles. The minimum absolute atomic E-state index is 0.0765. The van der Waals surface area contributed by atoms with Crippen molar-refractivity contribution >= 4 is 11.6 Å². The number of morpholine rings is 1. The number of nitrogens with one attached hydrogen (secondary N) is 3. The summed E-state index contributed by atoms with van der Waals surface area (Å²) >= 11 is 0. The van der Waals surface area contributed by atoms with Crippen molar-refractivity contribution in [3.8, 4) is 0 Å². The number of hydrogen-bond acceptors (Lipinski definition) is 5. The minimum Gasteiger partial charge on any atom is -0.378 e. The van der Waals surface area contributed by atoms with E-state index in [4.69, 9.17) is 4.74 Å². The number of aromatic amines is 1. The van der Waals surface area contributed by atoms with Crippen LogP contribution < -0.4 is 10.6 Å². The van der Waals surface area contributed by atoms with E-state index >= 15 is 0 Å². The molecule has 1 aliphatic rings. The van der Waals surface area contributed by atoms with Crippen LogP contribution in [0.1, 0.15) is 10.5 Å². The largest absolute Gasteiger partial charge is 0.378 e. The molecule has 3 N–H and O–H groups in total. The first-order valence-corrected chi connectivity index (χ1v) is 5.59. The Balaban J connectivity index is 1.84. The van der Waals surface area contributed by atoms with E-state index in [1.807, 2.05) is 0 Å². The van der Waals surface area contributed by atoms with Gasteiger partial charge in [-0.2, -0.15) is 0 Å². The van der Waals surface area contributed by atoms with Gasteiger partial charge < -0.3 is 20.4 Å². The molecule has 0 bridgehead atoms. The molecule has 1 aromatic rings. The van der Waals surface area contributed by atoms with Crippen LogP contribution in [0.4, 0.5) is 5.69 Å². The molecular formula is C10H14N4O4. The topological polar surface area (TPSA) is 109 Å². The van der Waals surface area contributed by atoms with Crippen LogP contribution in [-0.2, 0) is 4.74 Å². The van der Waals surface area contributed by atoms with Crippen LogP contribution in [0, 0.1) is 10.1 Å². The Morgan fingerprint density at radius 3 is 3.11 bits per heavy atom. The number of nitrogens with zero attached hydrogens (tertiary/aromatic N) is 1. The Bertz CT molecular complexity index is 439. The summed E-state index contributed by atoms with van der Waals surface area (Å²) < 4.78 is 5.24. The molecule has 1 amide bonds. The van der Waals surface area contributed by atoms with Crippen LogP contribution in [0.5, 0.6) is 0 Å². The molecule has 1 aromatic heterocycles. The number of carbonyl (C=O) groups is 1. The van der Waals surface area contributed by atoms with Gasteiger partial charge >= 0.3 is 0 Å². The number of ether oxygens (including phenoxy) is 1. The molecule has 2 rings (SSSR count). The maximum atomic E-state index is 11.7. The highest BCUT2D eigenvalue weighted by Crippen LogP contribution is 2.11. The van der Waals surface area contributed by atoms with Gasteiger partial charge in [-0.15, -0.1) is 0 Å². The number of H-pyrrole nitrogens is 1. The molecule has 0 aliphatic carbocycles. The van der Waals surface area contributed by atoms with Crippen LogP contribution >= 0.6 is 0 Å². The number of amides is 1. The quantitative estimate of drug-likeness (QED) is 0.502. The summed E-state index contributed by atoms with van der Waals surface area (Å²) in [5, 5.41) is 16.3. The lowest BCUT2D eigenvalue weighted by Crippen LogP contribution is -2.48. The standard InChI is InChI=1S/C10H14N4O4/c15-10(9-3-8(5-12-9)14(16)17)13-4-7-6-18-2-1-11-7/h3,5,7,11-12H,1-2,4,6H2,(H,13,15). The maximum absolute atomic E-state index is 11.7. The fourth-order valence-corrected chi connectivity index (χ4v) is 1.68. The monoisotopic (exact) mass is 254 g/mol. The molecule has 1 unspecified atom stereocenters. The van der Waals surface area contributed by atoms with Gasteiger partial charge in [0.2, 0.25) is 0 Å². The highest BCUT2D eigenvalue weighted by molar-refractivity contribution is 5.93. The zero-order chi connectivity index (χ0) is 13.0. The Hall–Kier alpha value is -1.93. The van der Waals surface area contributed by atoms with Gasteiger partial charge in [0.05, 0.1) is 24.3 Å². The summed E-state index contributed by atoms with van der Waals surface area (Å²) in [6.07, 6.45) is 1.19. The average Bonchev–Trinajstić information content (AvgIpc) is 2.87. The van der Waals surface area contributed by atoms with E-state index in [1.54, 1.807) is 0 Å². The SMILES string of the molecule is O=C(NCC1COCCN1)c1cc([N+](=O)[O-])c[nH]1. The van der Waals surface area contributed by atoms with E-state index < -0.39 is 4.92 Å². The van der Waals surface area contributed by atoms with Crippen molar-refractivity contribution in [2.24, 2.45) is 0 Å². The van der Waals surface area contributed by atoms with Crippen molar-refractivity contribution < 1.29 is 14.5 Å². The van der Waals surface area contributed by atoms with E-state index in [-0.39, 0.29) is 23.3 Å². The highest BCUT2D eigenvalue weighted by atomic mass is 16.6. The van der Waals surface area contributed by atoms with E-state index in [0.717, 1.165) is 6.54 Å². The maximum Gasteiger partial charge on any atom is 0.287 e. The Morgan fingerprint density at radius 2 is 2.50 bits per heavy atom. The lowest BCUT2D eigenvalue weighted by Gasteiger charge is -2.23. The molecule has 8 heteroatoms. The van der Waals surface area contributed by atoms with E-state index in [1.165, 1.54) is 12.3 Å². The fraction of sp³-hybridized carbons (Fsp3) is 0.500. The second-order valence-corrected chi connectivity index (χ2v) is 3.96. The van der Waals surface area contributed by atoms with E-state index in [9.17, 15) is 14.9 Å². The van der Waals surface area contributed by atoms with Gasteiger partial charge in [-0.3, -0.25) is 14.9 Å². The third-order valence-electron chi connectivity index (χ3n) is 2.63. The van der Waals surface area contributed by atoms with Crippen LogP contribution in [0.3, 0.4) is 0 Å². The van der Waals surface area contributed by atoms with Crippen molar-refractivity contribution in [1.29, 1.82) is 0 Å². The minimum atomic E-state index is -0.552. The molecule has 98 valence electrons. The van der Waals surface area contributed by atoms with Crippen LogP contribution in [0.2, 0.25) is 0 Å². The molecule has 0 spiro atoms. The molecule has 0 aromatic carbocycles. The zero-order valence-electron chi connectivity index (χ0n) is 9.64. The van der Waals surface area contributed by atoms with Gasteiger partial charge in [-0.25, -0.2) is 0 Å². The van der Waals surface area contributed by atoms with Crippen LogP contribution in [0.15, 0.2) is 12.3 Å². The Morgan fingerprint density at radius 1 is 1.67 bits per heavy atom. The summed E-state index contributed by atoms with van der Waals surface area (Å²) in [4.78, 5) is 24.2. The second kappa shape index (κ2) is 5.61. The summed E-state index contributed by atoms with van der Waals surface area (Å²) in [5.41, 5.74) is 0.0534. The molecule has 1 atom stereocenters. The third-order valence-corrected chi connectivity index (χ3v) is 2.63. The van der Waals surface area contributed by atoms with Crippen molar-refractivity contribution in [2.75, 3.05) is 26.3 Å².